The van der Waals surface area contributed by atoms with Crippen molar-refractivity contribution in [3.8, 4) is 56.4 Å². The van der Waals surface area contributed by atoms with Crippen LogP contribution in [0.5, 0.6) is 0 Å². The van der Waals surface area contributed by atoms with Crippen LogP contribution < -0.4 is 0 Å². The van der Waals surface area contributed by atoms with Gasteiger partial charge in [-0.2, -0.15) is 0 Å². The maximum absolute atomic E-state index is 5.17. The molecule has 2 heterocycles. The first-order chi connectivity index (χ1) is 23.3. The Bertz CT molecular complexity index is 2550. The van der Waals surface area contributed by atoms with Crippen molar-refractivity contribution in [2.45, 2.75) is 0 Å². The number of nitrogens with zero attached hydrogens (tertiary/aromatic N) is 3. The number of hydrogen-bond donors (Lipinski definition) is 0. The molecule has 7 aromatic carbocycles. The van der Waals surface area contributed by atoms with Crippen molar-refractivity contribution >= 4 is 42.3 Å². The van der Waals surface area contributed by atoms with E-state index in [1.807, 2.05) is 29.5 Å². The largest absolute Gasteiger partial charge is 0.208 e. The van der Waals surface area contributed by atoms with Gasteiger partial charge in [-0.15, -0.1) is 11.3 Å². The lowest BCUT2D eigenvalue weighted by Gasteiger charge is -2.12. The van der Waals surface area contributed by atoms with Gasteiger partial charge in [0.05, 0.1) is 0 Å². The summed E-state index contributed by atoms with van der Waals surface area (Å²) in [5.41, 5.74) is 7.64. The lowest BCUT2D eigenvalue weighted by molar-refractivity contribution is 1.08. The molecule has 0 N–H and O–H groups in total. The molecule has 9 rings (SSSR count). The molecule has 2 aromatic heterocycles. The van der Waals surface area contributed by atoms with Crippen LogP contribution in [0.3, 0.4) is 0 Å². The highest BCUT2D eigenvalue weighted by Gasteiger charge is 2.18. The zero-order chi connectivity index (χ0) is 31.2. The van der Waals surface area contributed by atoms with E-state index in [4.69, 9.17) is 15.0 Å². The van der Waals surface area contributed by atoms with Gasteiger partial charge in [-0.3, -0.25) is 0 Å². The van der Waals surface area contributed by atoms with Crippen LogP contribution in [-0.2, 0) is 0 Å². The first kappa shape index (κ1) is 27.3. The van der Waals surface area contributed by atoms with Gasteiger partial charge in [-0.1, -0.05) is 152 Å². The molecule has 3 nitrogen and oxygen atoms in total. The zero-order valence-electron chi connectivity index (χ0n) is 25.3. The van der Waals surface area contributed by atoms with Gasteiger partial charge >= 0.3 is 0 Å². The smallest absolute Gasteiger partial charge is 0.164 e. The standard InChI is InChI=1S/C43H27N3S/c1-3-12-28(13-4-1)33-17-7-8-18-34(33)29-22-24-32(25-23-29)42-44-41(31-14-5-2-6-15-31)45-43(46-42)36-20-11-16-30-26-27-38-40(39(30)36)35-19-9-10-21-37(35)47-38/h1-27H. The number of aromatic nitrogens is 3. The Morgan fingerprint density at radius 3 is 1.57 bits per heavy atom. The Morgan fingerprint density at radius 1 is 0.319 bits per heavy atom. The molecule has 47 heavy (non-hydrogen) atoms. The molecule has 9 aromatic rings. The summed E-state index contributed by atoms with van der Waals surface area (Å²) < 4.78 is 2.54. The molecule has 0 aliphatic rings. The average Bonchev–Trinajstić information content (AvgIpc) is 3.54. The summed E-state index contributed by atoms with van der Waals surface area (Å²) in [4.78, 5) is 15.3. The fourth-order valence-corrected chi connectivity index (χ4v) is 7.64. The van der Waals surface area contributed by atoms with Crippen LogP contribution >= 0.6 is 11.3 Å². The summed E-state index contributed by atoms with van der Waals surface area (Å²) in [6.07, 6.45) is 0. The highest BCUT2D eigenvalue weighted by molar-refractivity contribution is 7.26. The molecule has 0 radical (unpaired) electrons. The molecule has 0 saturated heterocycles. The fraction of sp³-hybridized carbons (Fsp3) is 0. The second-order valence-electron chi connectivity index (χ2n) is 11.6. The first-order valence-electron chi connectivity index (χ1n) is 15.7. The van der Waals surface area contributed by atoms with E-state index in [2.05, 4.69) is 146 Å². The summed E-state index contributed by atoms with van der Waals surface area (Å²) in [6, 6.07) is 57.4. The number of rotatable bonds is 5. The molecule has 0 amide bonds. The lowest BCUT2D eigenvalue weighted by atomic mass is 9.94. The Kier molecular flexibility index (Phi) is 6.65. The van der Waals surface area contributed by atoms with Gasteiger partial charge in [0.1, 0.15) is 0 Å². The fourth-order valence-electron chi connectivity index (χ4n) is 6.52. The van der Waals surface area contributed by atoms with E-state index >= 15 is 0 Å². The van der Waals surface area contributed by atoms with E-state index in [0.717, 1.165) is 22.3 Å². The maximum Gasteiger partial charge on any atom is 0.164 e. The SMILES string of the molecule is c1ccc(-c2nc(-c3ccc(-c4ccccc4-c4ccccc4)cc3)nc(-c3cccc4ccc5sc6ccccc6c5c34)n2)cc1. The van der Waals surface area contributed by atoms with Crippen LogP contribution in [0.25, 0.3) is 87.4 Å². The Labute approximate surface area is 276 Å². The summed E-state index contributed by atoms with van der Waals surface area (Å²) in [5.74, 6) is 1.97. The minimum atomic E-state index is 0.649. The zero-order valence-corrected chi connectivity index (χ0v) is 26.2. The molecule has 0 saturated carbocycles. The third kappa shape index (κ3) is 4.87. The molecular weight excluding hydrogens is 591 g/mol. The monoisotopic (exact) mass is 617 g/mol. The van der Waals surface area contributed by atoms with Crippen molar-refractivity contribution in [2.75, 3.05) is 0 Å². The van der Waals surface area contributed by atoms with Gasteiger partial charge in [0.25, 0.3) is 0 Å². The molecule has 220 valence electrons. The molecule has 0 unspecified atom stereocenters. The molecule has 0 atom stereocenters. The van der Waals surface area contributed by atoms with Crippen molar-refractivity contribution < 1.29 is 0 Å². The second-order valence-corrected chi connectivity index (χ2v) is 12.7. The van der Waals surface area contributed by atoms with E-state index in [-0.39, 0.29) is 0 Å². The van der Waals surface area contributed by atoms with Crippen molar-refractivity contribution in [3.05, 3.63) is 164 Å². The molecule has 4 heteroatoms. The molecule has 0 bridgehead atoms. The van der Waals surface area contributed by atoms with E-state index < -0.39 is 0 Å². The van der Waals surface area contributed by atoms with Gasteiger partial charge in [0.15, 0.2) is 17.5 Å². The van der Waals surface area contributed by atoms with Gasteiger partial charge in [-0.05, 0) is 39.8 Å². The third-order valence-corrected chi connectivity index (χ3v) is 9.89. The maximum atomic E-state index is 5.17. The third-order valence-electron chi connectivity index (χ3n) is 8.76. The van der Waals surface area contributed by atoms with Crippen LogP contribution in [0.1, 0.15) is 0 Å². The minimum absolute atomic E-state index is 0.649. The molecule has 0 fully saturated rings. The molecule has 0 aliphatic carbocycles. The summed E-state index contributed by atoms with van der Waals surface area (Å²) >= 11 is 1.83. The Balaban J connectivity index is 1.22. The minimum Gasteiger partial charge on any atom is -0.208 e. The predicted molar refractivity (Wildman–Crippen MR) is 197 cm³/mol. The number of benzene rings is 7. The molecule has 0 aliphatic heterocycles. The average molecular weight is 618 g/mol. The van der Waals surface area contributed by atoms with E-state index in [1.165, 1.54) is 47.6 Å². The summed E-state index contributed by atoms with van der Waals surface area (Å²) in [6.45, 7) is 0. The summed E-state index contributed by atoms with van der Waals surface area (Å²) in [5, 5.41) is 4.85. The van der Waals surface area contributed by atoms with E-state index in [9.17, 15) is 0 Å². The van der Waals surface area contributed by atoms with Crippen molar-refractivity contribution in [3.63, 3.8) is 0 Å². The first-order valence-corrected chi connectivity index (χ1v) is 16.5. The Morgan fingerprint density at radius 2 is 0.851 bits per heavy atom. The van der Waals surface area contributed by atoms with Gasteiger partial charge in [0, 0.05) is 42.2 Å². The molecule has 0 spiro atoms. The lowest BCUT2D eigenvalue weighted by Crippen LogP contribution is -2.00. The van der Waals surface area contributed by atoms with Gasteiger partial charge in [0.2, 0.25) is 0 Å². The second kappa shape index (κ2) is 11.4. The van der Waals surface area contributed by atoms with Crippen LogP contribution in [0.15, 0.2) is 164 Å². The van der Waals surface area contributed by atoms with Crippen LogP contribution in [0.4, 0.5) is 0 Å². The van der Waals surface area contributed by atoms with E-state index in [1.54, 1.807) is 0 Å². The topological polar surface area (TPSA) is 38.7 Å². The van der Waals surface area contributed by atoms with Gasteiger partial charge in [-0.25, -0.2) is 15.0 Å². The Hall–Kier alpha value is -5.97. The normalized spacial score (nSPS) is 11.4. The van der Waals surface area contributed by atoms with Crippen LogP contribution in [-0.4, -0.2) is 15.0 Å². The summed E-state index contributed by atoms with van der Waals surface area (Å²) in [7, 11) is 0. The predicted octanol–water partition coefficient (Wildman–Crippen LogP) is 11.7. The van der Waals surface area contributed by atoms with Gasteiger partial charge < -0.3 is 0 Å². The highest BCUT2D eigenvalue weighted by Crippen LogP contribution is 2.42. The quantitative estimate of drug-likeness (QED) is 0.193. The van der Waals surface area contributed by atoms with Crippen molar-refractivity contribution in [2.24, 2.45) is 0 Å². The highest BCUT2D eigenvalue weighted by atomic mass is 32.1. The van der Waals surface area contributed by atoms with E-state index in [0.29, 0.717) is 17.5 Å². The van der Waals surface area contributed by atoms with Crippen LogP contribution in [0.2, 0.25) is 0 Å². The number of fused-ring (bicyclic) bond motifs is 5. The molecular formula is C43H27N3S. The number of thiophene rings is 1. The van der Waals surface area contributed by atoms with Crippen molar-refractivity contribution in [1.82, 2.24) is 15.0 Å². The van der Waals surface area contributed by atoms with Crippen LogP contribution in [0, 0.1) is 0 Å². The number of hydrogen-bond acceptors (Lipinski definition) is 4. The van der Waals surface area contributed by atoms with Crippen molar-refractivity contribution in [1.29, 1.82) is 0 Å².